The molecule has 1 aliphatic rings. The van der Waals surface area contributed by atoms with Gasteiger partial charge in [0.2, 0.25) is 0 Å². The maximum atomic E-state index is 8.77. The molecule has 0 aromatic rings. The van der Waals surface area contributed by atoms with E-state index >= 15 is 0 Å². The van der Waals surface area contributed by atoms with Gasteiger partial charge in [0.1, 0.15) is 7.11 Å². The lowest BCUT2D eigenvalue weighted by molar-refractivity contribution is 0.213. The van der Waals surface area contributed by atoms with Gasteiger partial charge in [0, 0.05) is 12.1 Å². The van der Waals surface area contributed by atoms with Crippen LogP contribution in [0.15, 0.2) is 5.16 Å². The fraction of sp³-hybridized carbons (Fsp3) is 0.800. The predicted octanol–water partition coefficient (Wildman–Crippen LogP) is 2.34. The van der Waals surface area contributed by atoms with E-state index < -0.39 is 0 Å². The Morgan fingerprint density at radius 3 is 2.92 bits per heavy atom. The zero-order valence-electron chi connectivity index (χ0n) is 8.07. The molecule has 1 fully saturated rings. The molecular weight excluding hydrogens is 164 g/mol. The highest BCUT2D eigenvalue weighted by molar-refractivity contribution is 5.59. The van der Waals surface area contributed by atoms with Crippen molar-refractivity contribution < 1.29 is 4.84 Å². The Kier molecular flexibility index (Phi) is 4.31. The highest BCUT2D eigenvalue weighted by Gasteiger charge is 2.16. The largest absolute Gasteiger partial charge is 0.399 e. The van der Waals surface area contributed by atoms with Crippen molar-refractivity contribution >= 4 is 6.21 Å². The van der Waals surface area contributed by atoms with Crippen LogP contribution in [0.2, 0.25) is 0 Å². The number of oxime groups is 1. The molecule has 1 rings (SSSR count). The van der Waals surface area contributed by atoms with E-state index in [1.54, 1.807) is 7.11 Å². The van der Waals surface area contributed by atoms with E-state index in [4.69, 9.17) is 5.26 Å². The minimum Gasteiger partial charge on any atom is -0.399 e. The monoisotopic (exact) mass is 180 g/mol. The molecule has 3 heteroatoms. The van der Waals surface area contributed by atoms with E-state index in [9.17, 15) is 0 Å². The quantitative estimate of drug-likeness (QED) is 0.372. The predicted molar refractivity (Wildman–Crippen MR) is 51.2 cm³/mol. The molecule has 0 spiro atoms. The van der Waals surface area contributed by atoms with Gasteiger partial charge in [-0.25, -0.2) is 0 Å². The van der Waals surface area contributed by atoms with E-state index in [1.165, 1.54) is 0 Å². The Labute approximate surface area is 79.4 Å². The van der Waals surface area contributed by atoms with Gasteiger partial charge in [-0.2, -0.15) is 5.26 Å². The fourth-order valence-corrected chi connectivity index (χ4v) is 1.76. The van der Waals surface area contributed by atoms with Crippen molar-refractivity contribution in [2.24, 2.45) is 17.0 Å². The molecule has 0 radical (unpaired) electrons. The van der Waals surface area contributed by atoms with Crippen LogP contribution in [0.1, 0.15) is 32.1 Å². The summed E-state index contributed by atoms with van der Waals surface area (Å²) in [7, 11) is 1.56. The van der Waals surface area contributed by atoms with Crippen molar-refractivity contribution in [3.63, 3.8) is 0 Å². The van der Waals surface area contributed by atoms with Crippen LogP contribution in [-0.2, 0) is 4.84 Å². The van der Waals surface area contributed by atoms with E-state index in [1.807, 2.05) is 6.21 Å². The minimum absolute atomic E-state index is 0.265. The van der Waals surface area contributed by atoms with Crippen molar-refractivity contribution in [1.82, 2.24) is 0 Å². The topological polar surface area (TPSA) is 45.4 Å². The third-order valence-electron chi connectivity index (χ3n) is 2.57. The van der Waals surface area contributed by atoms with E-state index in [0.29, 0.717) is 5.92 Å². The van der Waals surface area contributed by atoms with E-state index in [2.05, 4.69) is 16.1 Å². The van der Waals surface area contributed by atoms with Crippen LogP contribution in [0, 0.1) is 23.2 Å². The van der Waals surface area contributed by atoms with Crippen molar-refractivity contribution in [1.29, 1.82) is 5.26 Å². The first-order valence-corrected chi connectivity index (χ1v) is 4.83. The molecule has 0 aromatic heterocycles. The fourth-order valence-electron chi connectivity index (χ4n) is 1.76. The summed E-state index contributed by atoms with van der Waals surface area (Å²) in [6.45, 7) is 0. The first kappa shape index (κ1) is 10.0. The standard InChI is InChI=1S/C10H16N2O/c1-13-12-8-10-4-2-3-9(7-11)5-6-10/h8-10H,2-6H2,1H3. The van der Waals surface area contributed by atoms with Gasteiger partial charge < -0.3 is 4.84 Å². The second kappa shape index (κ2) is 5.58. The van der Waals surface area contributed by atoms with Crippen molar-refractivity contribution in [2.75, 3.05) is 7.11 Å². The molecule has 0 aliphatic heterocycles. The Hall–Kier alpha value is -1.04. The summed E-state index contributed by atoms with van der Waals surface area (Å²) in [6, 6.07) is 2.34. The molecule has 1 aliphatic carbocycles. The molecule has 2 atom stereocenters. The molecule has 2 unspecified atom stereocenters. The second-order valence-electron chi connectivity index (χ2n) is 3.53. The van der Waals surface area contributed by atoms with Crippen molar-refractivity contribution in [3.8, 4) is 6.07 Å². The molecule has 0 N–H and O–H groups in total. The van der Waals surface area contributed by atoms with Crippen LogP contribution in [-0.4, -0.2) is 13.3 Å². The van der Waals surface area contributed by atoms with E-state index in [0.717, 1.165) is 32.1 Å². The van der Waals surface area contributed by atoms with Crippen LogP contribution >= 0.6 is 0 Å². The first-order valence-electron chi connectivity index (χ1n) is 4.83. The lowest BCUT2D eigenvalue weighted by atomic mass is 10.0. The third kappa shape index (κ3) is 3.45. The SMILES string of the molecule is CON=CC1CCCC(C#N)CC1. The molecular formula is C10H16N2O. The summed E-state index contributed by atoms with van der Waals surface area (Å²) < 4.78 is 0. The lowest BCUT2D eigenvalue weighted by Crippen LogP contribution is -2.00. The van der Waals surface area contributed by atoms with Crippen LogP contribution in [0.25, 0.3) is 0 Å². The number of nitriles is 1. The van der Waals surface area contributed by atoms with Gasteiger partial charge in [-0.15, -0.1) is 0 Å². The van der Waals surface area contributed by atoms with Crippen LogP contribution < -0.4 is 0 Å². The number of hydrogen-bond acceptors (Lipinski definition) is 3. The molecule has 0 amide bonds. The maximum Gasteiger partial charge on any atom is 0.106 e. The number of nitrogens with zero attached hydrogens (tertiary/aromatic N) is 2. The smallest absolute Gasteiger partial charge is 0.106 e. The average Bonchev–Trinajstić information content (AvgIpc) is 2.39. The Morgan fingerprint density at radius 1 is 1.38 bits per heavy atom. The summed E-state index contributed by atoms with van der Waals surface area (Å²) in [5.74, 6) is 0.777. The summed E-state index contributed by atoms with van der Waals surface area (Å²) >= 11 is 0. The molecule has 0 saturated heterocycles. The molecule has 1 saturated carbocycles. The summed E-state index contributed by atoms with van der Waals surface area (Å²) in [5, 5.41) is 12.6. The highest BCUT2D eigenvalue weighted by atomic mass is 16.6. The van der Waals surface area contributed by atoms with Crippen molar-refractivity contribution in [3.05, 3.63) is 0 Å². The van der Waals surface area contributed by atoms with Gasteiger partial charge in [-0.05, 0) is 31.6 Å². The van der Waals surface area contributed by atoms with Gasteiger partial charge in [0.25, 0.3) is 0 Å². The summed E-state index contributed by atoms with van der Waals surface area (Å²) in [6.07, 6.45) is 7.29. The van der Waals surface area contributed by atoms with Crippen LogP contribution in [0.3, 0.4) is 0 Å². The van der Waals surface area contributed by atoms with Gasteiger partial charge >= 0.3 is 0 Å². The van der Waals surface area contributed by atoms with Gasteiger partial charge in [0.15, 0.2) is 0 Å². The number of rotatable bonds is 2. The maximum absolute atomic E-state index is 8.77. The second-order valence-corrected chi connectivity index (χ2v) is 3.53. The zero-order valence-corrected chi connectivity index (χ0v) is 8.07. The lowest BCUT2D eigenvalue weighted by Gasteiger charge is -2.05. The minimum atomic E-state index is 0.265. The van der Waals surface area contributed by atoms with Gasteiger partial charge in [0.05, 0.1) is 6.07 Å². The summed E-state index contributed by atoms with van der Waals surface area (Å²) in [4.78, 5) is 4.64. The van der Waals surface area contributed by atoms with Gasteiger partial charge in [-0.3, -0.25) is 0 Å². The normalized spacial score (nSPS) is 29.5. The molecule has 3 nitrogen and oxygen atoms in total. The highest BCUT2D eigenvalue weighted by Crippen LogP contribution is 2.25. The Morgan fingerprint density at radius 2 is 2.23 bits per heavy atom. The van der Waals surface area contributed by atoms with Crippen molar-refractivity contribution in [2.45, 2.75) is 32.1 Å². The number of hydrogen-bond donors (Lipinski definition) is 0. The van der Waals surface area contributed by atoms with Crippen LogP contribution in [0.5, 0.6) is 0 Å². The van der Waals surface area contributed by atoms with Gasteiger partial charge in [-0.1, -0.05) is 11.6 Å². The van der Waals surface area contributed by atoms with Crippen LogP contribution in [0.4, 0.5) is 0 Å². The molecule has 0 bridgehead atoms. The summed E-state index contributed by atoms with van der Waals surface area (Å²) in [5.41, 5.74) is 0. The Balaban J connectivity index is 2.36. The molecule has 0 heterocycles. The molecule has 0 aromatic carbocycles. The first-order chi connectivity index (χ1) is 6.36. The Bertz CT molecular complexity index is 207. The molecule has 13 heavy (non-hydrogen) atoms. The zero-order chi connectivity index (χ0) is 9.52. The third-order valence-corrected chi connectivity index (χ3v) is 2.57. The average molecular weight is 180 g/mol. The molecule has 72 valence electrons. The van der Waals surface area contributed by atoms with E-state index in [-0.39, 0.29) is 5.92 Å².